The van der Waals surface area contributed by atoms with Gasteiger partial charge in [0.25, 0.3) is 0 Å². The van der Waals surface area contributed by atoms with Crippen LogP contribution < -0.4 is 20.7 Å². The highest BCUT2D eigenvalue weighted by atomic mass is 16.6. The monoisotopic (exact) mass is 468 g/mol. The fourth-order valence-electron chi connectivity index (χ4n) is 3.89. The second-order valence-electron chi connectivity index (χ2n) is 8.09. The Balaban J connectivity index is 1.37. The van der Waals surface area contributed by atoms with Gasteiger partial charge >= 0.3 is 17.2 Å². The van der Waals surface area contributed by atoms with E-state index in [4.69, 9.17) is 18.3 Å². The summed E-state index contributed by atoms with van der Waals surface area (Å²) in [6, 6.07) is 22.2. The zero-order valence-electron chi connectivity index (χ0n) is 18.9. The van der Waals surface area contributed by atoms with E-state index in [1.165, 1.54) is 18.2 Å². The van der Waals surface area contributed by atoms with Crippen LogP contribution in [0.5, 0.6) is 11.5 Å². The van der Waals surface area contributed by atoms with E-state index in [1.54, 1.807) is 44.2 Å². The van der Waals surface area contributed by atoms with Crippen molar-refractivity contribution in [3.8, 4) is 22.6 Å². The Morgan fingerprint density at radius 3 is 2.17 bits per heavy atom. The number of ether oxygens (including phenoxy) is 2. The Labute approximate surface area is 199 Å². The van der Waals surface area contributed by atoms with Gasteiger partial charge in [0.15, 0.2) is 6.10 Å². The molecule has 0 fully saturated rings. The van der Waals surface area contributed by atoms with E-state index in [9.17, 15) is 14.4 Å². The third-order valence-electron chi connectivity index (χ3n) is 5.59. The summed E-state index contributed by atoms with van der Waals surface area (Å²) in [5, 5.41) is 1.49. The first-order valence-electron chi connectivity index (χ1n) is 10.9. The van der Waals surface area contributed by atoms with E-state index in [-0.39, 0.29) is 5.75 Å². The molecule has 2 aromatic heterocycles. The van der Waals surface area contributed by atoms with E-state index in [0.717, 1.165) is 27.5 Å². The molecule has 0 aliphatic carbocycles. The number of hydrogen-bond donors (Lipinski definition) is 0. The molecule has 0 N–H and O–H groups in total. The molecule has 35 heavy (non-hydrogen) atoms. The van der Waals surface area contributed by atoms with Crippen LogP contribution >= 0.6 is 0 Å². The minimum absolute atomic E-state index is 0.226. The molecule has 174 valence electrons. The lowest BCUT2D eigenvalue weighted by Gasteiger charge is -2.15. The van der Waals surface area contributed by atoms with Gasteiger partial charge in [0, 0.05) is 35.0 Å². The largest absolute Gasteiger partial charge is 0.479 e. The molecule has 1 atom stereocenters. The van der Waals surface area contributed by atoms with Gasteiger partial charge in [0.05, 0.1) is 0 Å². The van der Waals surface area contributed by atoms with Crippen LogP contribution in [0.15, 0.2) is 97.3 Å². The molecule has 2 heterocycles. The summed E-state index contributed by atoms with van der Waals surface area (Å²) in [4.78, 5) is 36.4. The van der Waals surface area contributed by atoms with Crippen LogP contribution in [0.25, 0.3) is 33.1 Å². The quantitative estimate of drug-likeness (QED) is 0.198. The molecule has 0 saturated carbocycles. The fraction of sp³-hybridized carbons (Fsp3) is 0.107. The molecule has 0 spiro atoms. The number of benzene rings is 3. The van der Waals surface area contributed by atoms with Gasteiger partial charge in [0.1, 0.15) is 22.7 Å². The van der Waals surface area contributed by atoms with Crippen LogP contribution in [0.1, 0.15) is 12.5 Å². The first kappa shape index (κ1) is 22.2. The number of fused-ring (bicyclic) bond motifs is 2. The lowest BCUT2D eigenvalue weighted by atomic mass is 10.0. The lowest BCUT2D eigenvalue weighted by Crippen LogP contribution is -2.28. The number of esters is 1. The molecule has 0 saturated heterocycles. The lowest BCUT2D eigenvalue weighted by molar-refractivity contribution is -0.141. The summed E-state index contributed by atoms with van der Waals surface area (Å²) < 4.78 is 21.8. The Kier molecular flexibility index (Phi) is 5.66. The predicted octanol–water partition coefficient (Wildman–Crippen LogP) is 5.25. The molecule has 7 heteroatoms. The number of carbonyl (C=O) groups excluding carboxylic acids is 1. The number of rotatable bonds is 5. The van der Waals surface area contributed by atoms with E-state index >= 15 is 0 Å². The summed E-state index contributed by atoms with van der Waals surface area (Å²) >= 11 is 0. The minimum Gasteiger partial charge on any atom is -0.479 e. The molecule has 3 aromatic carbocycles. The number of aryl methyl sites for hydroxylation is 1. The molecule has 5 aromatic rings. The molecular formula is C28H20O7. The Morgan fingerprint density at radius 2 is 1.40 bits per heavy atom. The third-order valence-corrected chi connectivity index (χ3v) is 5.59. The smallest absolute Gasteiger partial charge is 0.352 e. The van der Waals surface area contributed by atoms with Crippen molar-refractivity contribution in [1.29, 1.82) is 0 Å². The third kappa shape index (κ3) is 4.56. The summed E-state index contributed by atoms with van der Waals surface area (Å²) in [5.41, 5.74) is 2.10. The molecular weight excluding hydrogens is 448 g/mol. The van der Waals surface area contributed by atoms with E-state index in [1.807, 2.05) is 30.3 Å². The van der Waals surface area contributed by atoms with Gasteiger partial charge in [0.2, 0.25) is 0 Å². The Morgan fingerprint density at radius 1 is 0.771 bits per heavy atom. The van der Waals surface area contributed by atoms with Gasteiger partial charge in [-0.2, -0.15) is 0 Å². The molecule has 0 unspecified atom stereocenters. The minimum atomic E-state index is -0.961. The first-order chi connectivity index (χ1) is 16.9. The maximum absolute atomic E-state index is 12.6. The zero-order valence-corrected chi connectivity index (χ0v) is 18.9. The highest BCUT2D eigenvalue weighted by Gasteiger charge is 2.19. The van der Waals surface area contributed by atoms with Crippen LogP contribution in [0.3, 0.4) is 0 Å². The summed E-state index contributed by atoms with van der Waals surface area (Å²) in [5.74, 6) is -0.0712. The van der Waals surface area contributed by atoms with Crippen LogP contribution in [-0.2, 0) is 4.79 Å². The van der Waals surface area contributed by atoms with Crippen molar-refractivity contribution in [1.82, 2.24) is 0 Å². The van der Waals surface area contributed by atoms with Crippen molar-refractivity contribution >= 4 is 27.9 Å². The number of hydrogen-bond acceptors (Lipinski definition) is 7. The van der Waals surface area contributed by atoms with Crippen LogP contribution in [0, 0.1) is 6.92 Å². The van der Waals surface area contributed by atoms with Crippen LogP contribution in [0.2, 0.25) is 0 Å². The Bertz CT molecular complexity index is 1680. The van der Waals surface area contributed by atoms with Crippen molar-refractivity contribution in [3.05, 3.63) is 105 Å². The first-order valence-corrected chi connectivity index (χ1v) is 10.9. The average molecular weight is 468 g/mol. The van der Waals surface area contributed by atoms with Crippen LogP contribution in [-0.4, -0.2) is 12.1 Å². The molecule has 0 aliphatic heterocycles. The molecule has 0 amide bonds. The maximum Gasteiger partial charge on any atom is 0.352 e. The molecule has 0 bridgehead atoms. The summed E-state index contributed by atoms with van der Waals surface area (Å²) in [7, 11) is 0. The van der Waals surface area contributed by atoms with Gasteiger partial charge < -0.3 is 18.3 Å². The second kappa shape index (κ2) is 8.95. The van der Waals surface area contributed by atoms with Gasteiger partial charge in [-0.3, -0.25) is 0 Å². The molecule has 7 nitrogen and oxygen atoms in total. The van der Waals surface area contributed by atoms with E-state index in [2.05, 4.69) is 0 Å². The van der Waals surface area contributed by atoms with Gasteiger partial charge in [-0.05, 0) is 54.8 Å². The van der Waals surface area contributed by atoms with Gasteiger partial charge in [-0.15, -0.1) is 0 Å². The number of carbonyl (C=O) groups is 1. The van der Waals surface area contributed by atoms with Crippen molar-refractivity contribution in [2.24, 2.45) is 0 Å². The Hall–Kier alpha value is -4.65. The normalized spacial score (nSPS) is 11.9. The molecule has 0 radical (unpaired) electrons. The highest BCUT2D eigenvalue weighted by Crippen LogP contribution is 2.30. The van der Waals surface area contributed by atoms with Crippen molar-refractivity contribution < 1.29 is 23.1 Å². The van der Waals surface area contributed by atoms with Crippen molar-refractivity contribution in [3.63, 3.8) is 0 Å². The standard InChI is InChI=1S/C28H20O7/c1-16-12-26(29)34-24-14-20(8-10-21(16)24)33-28(31)17(2)32-19-9-11-22-23(18-6-4-3-5-7-18)15-27(30)35-25(22)13-19/h3-15,17H,1-2H3/t17-/m1/s1. The van der Waals surface area contributed by atoms with Crippen LogP contribution in [0.4, 0.5) is 0 Å². The van der Waals surface area contributed by atoms with E-state index in [0.29, 0.717) is 16.9 Å². The zero-order chi connectivity index (χ0) is 24.5. The highest BCUT2D eigenvalue weighted by molar-refractivity contribution is 5.93. The van der Waals surface area contributed by atoms with Gasteiger partial charge in [-0.25, -0.2) is 14.4 Å². The SMILES string of the molecule is Cc1cc(=O)oc2cc(OC(=O)[C@@H](C)Oc3ccc4c(-c5ccccc5)cc(=O)oc4c3)ccc12. The van der Waals surface area contributed by atoms with E-state index < -0.39 is 23.3 Å². The predicted molar refractivity (Wildman–Crippen MR) is 131 cm³/mol. The second-order valence-corrected chi connectivity index (χ2v) is 8.09. The van der Waals surface area contributed by atoms with Gasteiger partial charge in [-0.1, -0.05) is 30.3 Å². The van der Waals surface area contributed by atoms with Crippen molar-refractivity contribution in [2.45, 2.75) is 20.0 Å². The maximum atomic E-state index is 12.6. The topological polar surface area (TPSA) is 96.0 Å². The summed E-state index contributed by atoms with van der Waals surface area (Å²) in [6.07, 6.45) is -0.961. The van der Waals surface area contributed by atoms with Crippen molar-refractivity contribution in [2.75, 3.05) is 0 Å². The molecule has 0 aliphatic rings. The molecule has 5 rings (SSSR count). The fourth-order valence-corrected chi connectivity index (χ4v) is 3.89. The average Bonchev–Trinajstić information content (AvgIpc) is 2.83. The summed E-state index contributed by atoms with van der Waals surface area (Å²) in [6.45, 7) is 3.35.